The van der Waals surface area contributed by atoms with Crippen molar-refractivity contribution < 1.29 is 4.74 Å². The van der Waals surface area contributed by atoms with E-state index in [4.69, 9.17) is 17.4 Å². The summed E-state index contributed by atoms with van der Waals surface area (Å²) >= 11 is 4.70. The highest BCUT2D eigenvalue weighted by Gasteiger charge is 2.18. The molecule has 1 aliphatic rings. The van der Waals surface area contributed by atoms with Crippen molar-refractivity contribution in [2.75, 3.05) is 45.9 Å². The Morgan fingerprint density at radius 2 is 1.91 bits per heavy atom. The van der Waals surface area contributed by atoms with Crippen LogP contribution in [-0.2, 0) is 6.42 Å². The number of likely N-dealkylation sites (N-methyl/N-ethyl adjacent to an activating group) is 1. The molecule has 0 spiro atoms. The summed E-state index contributed by atoms with van der Waals surface area (Å²) in [7, 11) is 0. The zero-order valence-corrected chi connectivity index (χ0v) is 14.5. The molecule has 122 valence electrons. The molecule has 3 nitrogen and oxygen atoms in total. The van der Waals surface area contributed by atoms with Crippen LogP contribution in [-0.4, -0.2) is 60.9 Å². The van der Waals surface area contributed by atoms with E-state index in [0.717, 1.165) is 38.3 Å². The second-order valence-electron chi connectivity index (χ2n) is 5.80. The maximum absolute atomic E-state index is 5.97. The first-order chi connectivity index (χ1) is 10.7. The minimum Gasteiger partial charge on any atom is -0.492 e. The first-order valence-electron chi connectivity index (χ1n) is 8.17. The molecule has 1 aromatic carbocycles. The highest BCUT2D eigenvalue weighted by molar-refractivity contribution is 7.81. The molecule has 0 amide bonds. The van der Waals surface area contributed by atoms with Crippen LogP contribution >= 0.6 is 12.6 Å². The number of ether oxygens (including phenoxy) is 1. The molecule has 1 fully saturated rings. The molecule has 1 unspecified atom stereocenters. The minimum atomic E-state index is 0.241. The van der Waals surface area contributed by atoms with E-state index in [9.17, 15) is 0 Å². The molecule has 1 aromatic rings. The molecular formula is C18H28N2OS. The first kappa shape index (κ1) is 17.4. The second kappa shape index (κ2) is 9.23. The largest absolute Gasteiger partial charge is 0.492 e. The molecule has 0 radical (unpaired) electrons. The predicted octanol–water partition coefficient (Wildman–Crippen LogP) is 2.73. The lowest BCUT2D eigenvalue weighted by molar-refractivity contribution is 0.132. The summed E-state index contributed by atoms with van der Waals surface area (Å²) in [5.74, 6) is 0.956. The van der Waals surface area contributed by atoms with Crippen molar-refractivity contribution in [1.82, 2.24) is 9.80 Å². The molecule has 1 heterocycles. The van der Waals surface area contributed by atoms with Crippen LogP contribution in [0.1, 0.15) is 12.5 Å². The summed E-state index contributed by atoms with van der Waals surface area (Å²) < 4.78 is 5.97. The summed E-state index contributed by atoms with van der Waals surface area (Å²) in [6.45, 7) is 13.4. The van der Waals surface area contributed by atoms with Gasteiger partial charge in [0.05, 0.1) is 0 Å². The Bertz CT molecular complexity index is 458. The van der Waals surface area contributed by atoms with E-state index in [1.165, 1.54) is 18.7 Å². The molecule has 2 rings (SSSR count). The van der Waals surface area contributed by atoms with Gasteiger partial charge in [0.2, 0.25) is 0 Å². The van der Waals surface area contributed by atoms with E-state index < -0.39 is 0 Å². The summed E-state index contributed by atoms with van der Waals surface area (Å²) in [4.78, 5) is 4.98. The Morgan fingerprint density at radius 3 is 2.59 bits per heavy atom. The smallest absolute Gasteiger partial charge is 0.122 e. The van der Waals surface area contributed by atoms with E-state index in [1.807, 2.05) is 24.3 Å². The van der Waals surface area contributed by atoms with E-state index in [-0.39, 0.29) is 5.25 Å². The van der Waals surface area contributed by atoms with E-state index in [1.54, 1.807) is 0 Å². The van der Waals surface area contributed by atoms with Gasteiger partial charge in [-0.1, -0.05) is 31.2 Å². The fraction of sp³-hybridized carbons (Fsp3) is 0.556. The number of para-hydroxylation sites is 1. The quantitative estimate of drug-likeness (QED) is 0.586. The molecule has 0 aliphatic carbocycles. The second-order valence-corrected chi connectivity index (χ2v) is 6.53. The van der Waals surface area contributed by atoms with E-state index in [0.29, 0.717) is 6.61 Å². The number of allylic oxidation sites excluding steroid dienone is 1. The van der Waals surface area contributed by atoms with Crippen LogP contribution in [0.4, 0.5) is 0 Å². The van der Waals surface area contributed by atoms with Gasteiger partial charge in [-0.25, -0.2) is 0 Å². The highest BCUT2D eigenvalue weighted by atomic mass is 32.1. The third-order valence-electron chi connectivity index (χ3n) is 4.15. The third-order valence-corrected chi connectivity index (χ3v) is 4.46. The van der Waals surface area contributed by atoms with Crippen molar-refractivity contribution in [1.29, 1.82) is 0 Å². The van der Waals surface area contributed by atoms with E-state index in [2.05, 4.69) is 29.4 Å². The molecule has 1 aliphatic heterocycles. The number of benzene rings is 1. The van der Waals surface area contributed by atoms with Gasteiger partial charge >= 0.3 is 0 Å². The van der Waals surface area contributed by atoms with Crippen molar-refractivity contribution in [2.24, 2.45) is 0 Å². The zero-order valence-electron chi connectivity index (χ0n) is 13.6. The van der Waals surface area contributed by atoms with Gasteiger partial charge in [-0.15, -0.1) is 6.58 Å². The summed E-state index contributed by atoms with van der Waals surface area (Å²) in [6, 6.07) is 8.17. The number of hydrogen-bond donors (Lipinski definition) is 1. The number of hydrogen-bond acceptors (Lipinski definition) is 4. The Balaban J connectivity index is 1.76. The lowest BCUT2D eigenvalue weighted by Crippen LogP contribution is -2.48. The Hall–Kier alpha value is -0.970. The monoisotopic (exact) mass is 320 g/mol. The highest BCUT2D eigenvalue weighted by Crippen LogP contribution is 2.19. The van der Waals surface area contributed by atoms with Gasteiger partial charge < -0.3 is 9.64 Å². The number of nitrogens with zero attached hydrogens (tertiary/aromatic N) is 2. The molecular weight excluding hydrogens is 292 g/mol. The average molecular weight is 321 g/mol. The van der Waals surface area contributed by atoms with Gasteiger partial charge in [-0.3, -0.25) is 4.90 Å². The van der Waals surface area contributed by atoms with Gasteiger partial charge in [-0.05, 0) is 24.6 Å². The molecule has 0 aromatic heterocycles. The standard InChI is InChI=1S/C18H28N2OS/c1-3-7-16-8-5-6-9-18(16)21-15-17(22)14-20-12-10-19(4-2)11-13-20/h3,5-6,8-9,17,22H,1,4,7,10-15H2,2H3. The SMILES string of the molecule is C=CCc1ccccc1OCC(S)CN1CCN(CC)CC1. The topological polar surface area (TPSA) is 15.7 Å². The van der Waals surface area contributed by atoms with Crippen molar-refractivity contribution in [3.63, 3.8) is 0 Å². The van der Waals surface area contributed by atoms with Crippen molar-refractivity contribution >= 4 is 12.6 Å². The summed E-state index contributed by atoms with van der Waals surface area (Å²) in [6.07, 6.45) is 2.75. The molecule has 1 atom stereocenters. The number of piperazine rings is 1. The van der Waals surface area contributed by atoms with Crippen molar-refractivity contribution in [3.8, 4) is 5.75 Å². The normalized spacial score (nSPS) is 18.1. The molecule has 22 heavy (non-hydrogen) atoms. The molecule has 0 saturated carbocycles. The van der Waals surface area contributed by atoms with Crippen LogP contribution in [0, 0.1) is 0 Å². The summed E-state index contributed by atoms with van der Waals surface area (Å²) in [5.41, 5.74) is 1.19. The zero-order chi connectivity index (χ0) is 15.8. The van der Waals surface area contributed by atoms with Crippen LogP contribution in [0.3, 0.4) is 0 Å². The van der Waals surface area contributed by atoms with Crippen molar-refractivity contribution in [3.05, 3.63) is 42.5 Å². The lowest BCUT2D eigenvalue weighted by Gasteiger charge is -2.35. The average Bonchev–Trinajstić information content (AvgIpc) is 2.55. The first-order valence-corrected chi connectivity index (χ1v) is 8.69. The fourth-order valence-electron chi connectivity index (χ4n) is 2.79. The van der Waals surface area contributed by atoms with Gasteiger partial charge in [0, 0.05) is 38.0 Å². The van der Waals surface area contributed by atoms with Gasteiger partial charge in [0.25, 0.3) is 0 Å². The Labute approximate surface area is 140 Å². The molecule has 1 saturated heterocycles. The maximum Gasteiger partial charge on any atom is 0.122 e. The van der Waals surface area contributed by atoms with Crippen LogP contribution in [0.15, 0.2) is 36.9 Å². The van der Waals surface area contributed by atoms with Gasteiger partial charge in [-0.2, -0.15) is 12.6 Å². The predicted molar refractivity (Wildman–Crippen MR) is 97.2 cm³/mol. The van der Waals surface area contributed by atoms with Crippen molar-refractivity contribution in [2.45, 2.75) is 18.6 Å². The molecule has 0 N–H and O–H groups in total. The van der Waals surface area contributed by atoms with Crippen LogP contribution in [0.2, 0.25) is 0 Å². The van der Waals surface area contributed by atoms with Crippen LogP contribution in [0.5, 0.6) is 5.75 Å². The molecule has 4 heteroatoms. The fourth-order valence-corrected chi connectivity index (χ4v) is 3.10. The molecule has 0 bridgehead atoms. The number of thiol groups is 1. The third kappa shape index (κ3) is 5.34. The Kier molecular flexibility index (Phi) is 7.30. The minimum absolute atomic E-state index is 0.241. The van der Waals surface area contributed by atoms with Crippen LogP contribution in [0.25, 0.3) is 0 Å². The number of rotatable bonds is 8. The van der Waals surface area contributed by atoms with E-state index >= 15 is 0 Å². The summed E-state index contributed by atoms with van der Waals surface area (Å²) in [5, 5.41) is 0.241. The van der Waals surface area contributed by atoms with Gasteiger partial charge in [0.15, 0.2) is 0 Å². The van der Waals surface area contributed by atoms with Crippen LogP contribution < -0.4 is 4.74 Å². The Morgan fingerprint density at radius 1 is 1.23 bits per heavy atom. The maximum atomic E-state index is 5.97. The van der Waals surface area contributed by atoms with Gasteiger partial charge in [0.1, 0.15) is 12.4 Å². The lowest BCUT2D eigenvalue weighted by atomic mass is 10.1.